The minimum atomic E-state index is -0.709. The van der Waals surface area contributed by atoms with Gasteiger partial charge in [0.05, 0.1) is 29.9 Å². The number of hydrogen-bond acceptors (Lipinski definition) is 4. The zero-order chi connectivity index (χ0) is 16.1. The number of amides is 2. The van der Waals surface area contributed by atoms with Crippen LogP contribution in [0.5, 0.6) is 0 Å². The molecule has 3 rings (SSSR count). The number of hydrogen-bond donors (Lipinski definition) is 3. The van der Waals surface area contributed by atoms with Crippen molar-refractivity contribution < 1.29 is 9.90 Å². The number of aliphatic hydroxyl groups is 1. The van der Waals surface area contributed by atoms with Gasteiger partial charge in [-0.3, -0.25) is 0 Å². The van der Waals surface area contributed by atoms with Crippen molar-refractivity contribution in [2.75, 3.05) is 11.9 Å². The predicted octanol–water partition coefficient (Wildman–Crippen LogP) is 2.79. The molecule has 2 heterocycles. The number of anilines is 1. The molecule has 0 saturated heterocycles. The highest BCUT2D eigenvalue weighted by molar-refractivity contribution is 7.07. The zero-order valence-electron chi connectivity index (χ0n) is 12.2. The quantitative estimate of drug-likeness (QED) is 0.674. The van der Waals surface area contributed by atoms with E-state index in [0.29, 0.717) is 5.69 Å². The SMILES string of the molecule is O=C(NC[C@@H](O)c1ccsc1)Nc1cnn(-c2ccccc2)c1. The van der Waals surface area contributed by atoms with E-state index in [0.717, 1.165) is 11.3 Å². The van der Waals surface area contributed by atoms with Gasteiger partial charge in [0.25, 0.3) is 0 Å². The molecular weight excluding hydrogens is 312 g/mol. The lowest BCUT2D eigenvalue weighted by molar-refractivity contribution is 0.175. The third-order valence-corrected chi connectivity index (χ3v) is 3.95. The van der Waals surface area contributed by atoms with Gasteiger partial charge in [-0.1, -0.05) is 18.2 Å². The van der Waals surface area contributed by atoms with E-state index in [1.165, 1.54) is 11.3 Å². The number of aromatic nitrogens is 2. The molecule has 0 aliphatic rings. The van der Waals surface area contributed by atoms with Crippen LogP contribution in [0.1, 0.15) is 11.7 Å². The fourth-order valence-corrected chi connectivity index (χ4v) is 2.76. The summed E-state index contributed by atoms with van der Waals surface area (Å²) in [5, 5.41) is 23.2. The molecule has 6 nitrogen and oxygen atoms in total. The summed E-state index contributed by atoms with van der Waals surface area (Å²) in [5.41, 5.74) is 2.29. The topological polar surface area (TPSA) is 79.2 Å². The number of nitrogens with zero attached hydrogens (tertiary/aromatic N) is 2. The lowest BCUT2D eigenvalue weighted by Crippen LogP contribution is -2.32. The second kappa shape index (κ2) is 7.08. The van der Waals surface area contributed by atoms with E-state index < -0.39 is 6.10 Å². The third-order valence-electron chi connectivity index (χ3n) is 3.25. The van der Waals surface area contributed by atoms with Crippen molar-refractivity contribution >= 4 is 23.1 Å². The van der Waals surface area contributed by atoms with Crippen molar-refractivity contribution in [3.8, 4) is 5.69 Å². The van der Waals surface area contributed by atoms with Crippen LogP contribution in [0.3, 0.4) is 0 Å². The van der Waals surface area contributed by atoms with Crippen molar-refractivity contribution in [2.24, 2.45) is 0 Å². The summed E-state index contributed by atoms with van der Waals surface area (Å²) in [4.78, 5) is 11.9. The molecule has 0 unspecified atom stereocenters. The first kappa shape index (κ1) is 15.3. The van der Waals surface area contributed by atoms with Crippen LogP contribution in [0.4, 0.5) is 10.5 Å². The largest absolute Gasteiger partial charge is 0.387 e. The van der Waals surface area contributed by atoms with Gasteiger partial charge in [-0.25, -0.2) is 9.48 Å². The van der Waals surface area contributed by atoms with E-state index in [-0.39, 0.29) is 12.6 Å². The highest BCUT2D eigenvalue weighted by atomic mass is 32.1. The van der Waals surface area contributed by atoms with Gasteiger partial charge < -0.3 is 15.7 Å². The van der Waals surface area contributed by atoms with Crippen molar-refractivity contribution in [3.63, 3.8) is 0 Å². The summed E-state index contributed by atoms with van der Waals surface area (Å²) in [5.74, 6) is 0. The number of aliphatic hydroxyl groups excluding tert-OH is 1. The maximum absolute atomic E-state index is 11.9. The summed E-state index contributed by atoms with van der Waals surface area (Å²) < 4.78 is 1.68. The first-order chi connectivity index (χ1) is 11.2. The molecule has 1 atom stereocenters. The van der Waals surface area contributed by atoms with Crippen LogP contribution < -0.4 is 10.6 Å². The van der Waals surface area contributed by atoms with E-state index in [4.69, 9.17) is 0 Å². The molecule has 7 heteroatoms. The molecule has 0 fully saturated rings. The Labute approximate surface area is 137 Å². The van der Waals surface area contributed by atoms with Gasteiger partial charge in [-0.05, 0) is 34.5 Å². The van der Waals surface area contributed by atoms with Crippen LogP contribution in [0.2, 0.25) is 0 Å². The normalized spacial score (nSPS) is 11.9. The zero-order valence-corrected chi connectivity index (χ0v) is 13.0. The molecule has 118 valence electrons. The Morgan fingerprint density at radius 3 is 2.87 bits per heavy atom. The molecule has 3 N–H and O–H groups in total. The molecule has 23 heavy (non-hydrogen) atoms. The standard InChI is InChI=1S/C16H16N4O2S/c21-15(12-6-7-23-11-12)9-17-16(22)19-13-8-18-20(10-13)14-4-2-1-3-5-14/h1-8,10-11,15,21H,9H2,(H2,17,19,22)/t15-/m1/s1. The summed E-state index contributed by atoms with van der Waals surface area (Å²) >= 11 is 1.51. The summed E-state index contributed by atoms with van der Waals surface area (Å²) in [6.07, 6.45) is 2.59. The van der Waals surface area contributed by atoms with Crippen LogP contribution in [0.25, 0.3) is 5.69 Å². The highest BCUT2D eigenvalue weighted by Gasteiger charge is 2.10. The van der Waals surface area contributed by atoms with E-state index >= 15 is 0 Å². The minimum Gasteiger partial charge on any atom is -0.387 e. The number of para-hydroxylation sites is 1. The van der Waals surface area contributed by atoms with Crippen LogP contribution in [0.15, 0.2) is 59.6 Å². The second-order valence-electron chi connectivity index (χ2n) is 4.92. The van der Waals surface area contributed by atoms with E-state index in [1.807, 2.05) is 47.2 Å². The average molecular weight is 328 g/mol. The monoisotopic (exact) mass is 328 g/mol. The summed E-state index contributed by atoms with van der Waals surface area (Å²) in [6.45, 7) is 0.148. The van der Waals surface area contributed by atoms with Crippen molar-refractivity contribution in [1.82, 2.24) is 15.1 Å². The van der Waals surface area contributed by atoms with Crippen molar-refractivity contribution in [2.45, 2.75) is 6.10 Å². The van der Waals surface area contributed by atoms with E-state index in [1.54, 1.807) is 17.1 Å². The number of benzene rings is 1. The van der Waals surface area contributed by atoms with Crippen LogP contribution in [0, 0.1) is 0 Å². The van der Waals surface area contributed by atoms with Gasteiger partial charge in [-0.2, -0.15) is 16.4 Å². The van der Waals surface area contributed by atoms with E-state index in [2.05, 4.69) is 15.7 Å². The van der Waals surface area contributed by atoms with Crippen LogP contribution in [-0.4, -0.2) is 27.5 Å². The van der Waals surface area contributed by atoms with Crippen molar-refractivity contribution in [3.05, 3.63) is 65.1 Å². The Morgan fingerprint density at radius 1 is 1.30 bits per heavy atom. The summed E-state index contributed by atoms with van der Waals surface area (Å²) in [6, 6.07) is 11.1. The third kappa shape index (κ3) is 3.97. The molecule has 3 aromatic rings. The van der Waals surface area contributed by atoms with Gasteiger partial charge in [0.2, 0.25) is 0 Å². The number of carbonyl (C=O) groups excluding carboxylic acids is 1. The van der Waals surface area contributed by atoms with Gasteiger partial charge >= 0.3 is 6.03 Å². The summed E-state index contributed by atoms with van der Waals surface area (Å²) in [7, 11) is 0. The Morgan fingerprint density at radius 2 is 2.13 bits per heavy atom. The molecule has 0 radical (unpaired) electrons. The predicted molar refractivity (Wildman–Crippen MR) is 89.9 cm³/mol. The van der Waals surface area contributed by atoms with Crippen LogP contribution in [-0.2, 0) is 0 Å². The molecule has 2 aromatic heterocycles. The lowest BCUT2D eigenvalue weighted by Gasteiger charge is -2.10. The number of thiophene rings is 1. The van der Waals surface area contributed by atoms with Gasteiger partial charge in [0, 0.05) is 6.54 Å². The highest BCUT2D eigenvalue weighted by Crippen LogP contribution is 2.15. The van der Waals surface area contributed by atoms with E-state index in [9.17, 15) is 9.90 Å². The number of nitrogens with one attached hydrogen (secondary N) is 2. The molecule has 0 aliphatic heterocycles. The smallest absolute Gasteiger partial charge is 0.319 e. The number of carbonyl (C=O) groups is 1. The first-order valence-corrected chi connectivity index (χ1v) is 8.02. The number of rotatable bonds is 5. The average Bonchev–Trinajstić information content (AvgIpc) is 3.25. The van der Waals surface area contributed by atoms with Gasteiger partial charge in [-0.15, -0.1) is 0 Å². The fraction of sp³-hybridized carbons (Fsp3) is 0.125. The first-order valence-electron chi connectivity index (χ1n) is 7.07. The molecule has 0 aliphatic carbocycles. The Kier molecular flexibility index (Phi) is 4.70. The maximum atomic E-state index is 11.9. The molecule has 0 bridgehead atoms. The Balaban J connectivity index is 1.53. The van der Waals surface area contributed by atoms with Crippen LogP contribution >= 0.6 is 11.3 Å². The minimum absolute atomic E-state index is 0.148. The Bertz CT molecular complexity index is 756. The van der Waals surface area contributed by atoms with Gasteiger partial charge in [0.15, 0.2) is 0 Å². The second-order valence-corrected chi connectivity index (χ2v) is 5.70. The van der Waals surface area contributed by atoms with Gasteiger partial charge in [0.1, 0.15) is 0 Å². The molecule has 1 aromatic carbocycles. The maximum Gasteiger partial charge on any atom is 0.319 e. The molecule has 2 amide bonds. The fourth-order valence-electron chi connectivity index (χ4n) is 2.06. The Hall–Kier alpha value is -2.64. The molecule has 0 saturated carbocycles. The number of urea groups is 1. The lowest BCUT2D eigenvalue weighted by atomic mass is 10.2. The molecule has 0 spiro atoms. The van der Waals surface area contributed by atoms with Crippen molar-refractivity contribution in [1.29, 1.82) is 0 Å². The molecular formula is C16H16N4O2S.